The maximum absolute atomic E-state index is 13.8. The van der Waals surface area contributed by atoms with Gasteiger partial charge in [0.25, 0.3) is 5.91 Å². The van der Waals surface area contributed by atoms with Crippen LogP contribution in [0.25, 0.3) is 0 Å². The van der Waals surface area contributed by atoms with Gasteiger partial charge in [-0.25, -0.2) is 9.18 Å². The highest BCUT2D eigenvalue weighted by Crippen LogP contribution is 2.37. The standard InChI is InChI=1S/C15H18FNO3/c1-15(2)7-3-4-12(15)17-13(18)10-6-5-9(14(19)20)8-11(10)16/h5-6,8,12H,3-4,7H2,1-2H3,(H,17,18)(H,19,20). The van der Waals surface area contributed by atoms with Crippen molar-refractivity contribution in [2.24, 2.45) is 5.41 Å². The molecule has 2 rings (SSSR count). The number of rotatable bonds is 3. The number of benzene rings is 1. The maximum atomic E-state index is 13.8. The van der Waals surface area contributed by atoms with Crippen LogP contribution in [0.4, 0.5) is 4.39 Å². The normalized spacial score (nSPS) is 20.6. The van der Waals surface area contributed by atoms with Gasteiger partial charge in [-0.3, -0.25) is 4.79 Å². The van der Waals surface area contributed by atoms with Crippen LogP contribution in [0.5, 0.6) is 0 Å². The Hall–Kier alpha value is -1.91. The van der Waals surface area contributed by atoms with Gasteiger partial charge in [0.2, 0.25) is 0 Å². The van der Waals surface area contributed by atoms with Crippen molar-refractivity contribution in [1.82, 2.24) is 5.32 Å². The van der Waals surface area contributed by atoms with Gasteiger partial charge in [-0.1, -0.05) is 20.3 Å². The van der Waals surface area contributed by atoms with Crippen LogP contribution in [0.1, 0.15) is 53.8 Å². The Morgan fingerprint density at radius 1 is 1.40 bits per heavy atom. The Morgan fingerprint density at radius 2 is 2.10 bits per heavy atom. The fourth-order valence-corrected chi connectivity index (χ4v) is 2.66. The van der Waals surface area contributed by atoms with E-state index in [1.807, 2.05) is 0 Å². The van der Waals surface area contributed by atoms with Gasteiger partial charge < -0.3 is 10.4 Å². The third-order valence-corrected chi connectivity index (χ3v) is 4.02. The average Bonchev–Trinajstić information content (AvgIpc) is 2.68. The summed E-state index contributed by atoms with van der Waals surface area (Å²) in [5.74, 6) is -2.51. The fraction of sp³-hybridized carbons (Fsp3) is 0.467. The van der Waals surface area contributed by atoms with Crippen LogP contribution in [-0.4, -0.2) is 23.0 Å². The van der Waals surface area contributed by atoms with E-state index in [1.165, 1.54) is 12.1 Å². The predicted octanol–water partition coefficient (Wildman–Crippen LogP) is 2.83. The number of nitrogens with one attached hydrogen (secondary N) is 1. The van der Waals surface area contributed by atoms with E-state index in [2.05, 4.69) is 19.2 Å². The van der Waals surface area contributed by atoms with Crippen LogP contribution in [0, 0.1) is 11.2 Å². The summed E-state index contributed by atoms with van der Waals surface area (Å²) >= 11 is 0. The number of amides is 1. The molecular formula is C15H18FNO3. The largest absolute Gasteiger partial charge is 0.478 e. The first-order valence-electron chi connectivity index (χ1n) is 6.65. The van der Waals surface area contributed by atoms with Crippen molar-refractivity contribution < 1.29 is 19.1 Å². The molecule has 0 radical (unpaired) electrons. The molecule has 1 aliphatic carbocycles. The summed E-state index contributed by atoms with van der Waals surface area (Å²) in [6, 6.07) is 3.35. The zero-order valence-corrected chi connectivity index (χ0v) is 11.6. The molecule has 1 atom stereocenters. The van der Waals surface area contributed by atoms with E-state index in [4.69, 9.17) is 5.11 Å². The first-order valence-corrected chi connectivity index (χ1v) is 6.65. The Balaban J connectivity index is 2.16. The van der Waals surface area contributed by atoms with Gasteiger partial charge in [0, 0.05) is 6.04 Å². The highest BCUT2D eigenvalue weighted by molar-refractivity contribution is 5.96. The summed E-state index contributed by atoms with van der Waals surface area (Å²) in [6.45, 7) is 4.16. The van der Waals surface area contributed by atoms with Crippen LogP contribution in [-0.2, 0) is 0 Å². The molecule has 1 amide bonds. The maximum Gasteiger partial charge on any atom is 0.335 e. The average molecular weight is 279 g/mol. The number of carbonyl (C=O) groups excluding carboxylic acids is 1. The first kappa shape index (κ1) is 14.5. The highest BCUT2D eigenvalue weighted by atomic mass is 19.1. The topological polar surface area (TPSA) is 66.4 Å². The molecule has 1 fully saturated rings. The monoisotopic (exact) mass is 279 g/mol. The number of hydrogen-bond donors (Lipinski definition) is 2. The minimum atomic E-state index is -1.22. The van der Waals surface area contributed by atoms with Crippen molar-refractivity contribution in [3.8, 4) is 0 Å². The van der Waals surface area contributed by atoms with Gasteiger partial charge >= 0.3 is 5.97 Å². The van der Waals surface area contributed by atoms with Gasteiger partial charge in [0.05, 0.1) is 11.1 Å². The Bertz CT molecular complexity index is 554. The van der Waals surface area contributed by atoms with Crippen LogP contribution in [0.3, 0.4) is 0 Å². The van der Waals surface area contributed by atoms with Crippen LogP contribution < -0.4 is 5.32 Å². The third kappa shape index (κ3) is 2.81. The van der Waals surface area contributed by atoms with E-state index < -0.39 is 17.7 Å². The summed E-state index contributed by atoms with van der Waals surface area (Å²) in [5, 5.41) is 11.6. The number of carboxylic acids is 1. The smallest absolute Gasteiger partial charge is 0.335 e. The lowest BCUT2D eigenvalue weighted by atomic mass is 9.87. The second-order valence-electron chi connectivity index (χ2n) is 5.91. The van der Waals surface area contributed by atoms with Crippen molar-refractivity contribution in [2.45, 2.75) is 39.2 Å². The number of carboxylic acid groups (broad SMARTS) is 1. The lowest BCUT2D eigenvalue weighted by Gasteiger charge is -2.27. The molecule has 0 spiro atoms. The van der Waals surface area contributed by atoms with Gasteiger partial charge in [-0.05, 0) is 36.5 Å². The minimum Gasteiger partial charge on any atom is -0.478 e. The molecule has 0 aliphatic heterocycles. The van der Waals surface area contributed by atoms with E-state index in [-0.39, 0.29) is 22.6 Å². The van der Waals surface area contributed by atoms with E-state index in [0.717, 1.165) is 25.3 Å². The van der Waals surface area contributed by atoms with Crippen molar-refractivity contribution in [3.63, 3.8) is 0 Å². The zero-order chi connectivity index (χ0) is 14.9. The van der Waals surface area contributed by atoms with E-state index in [0.29, 0.717) is 0 Å². The molecule has 1 aliphatic rings. The molecule has 0 aromatic heterocycles. The molecule has 4 nitrogen and oxygen atoms in total. The van der Waals surface area contributed by atoms with Gasteiger partial charge in [-0.2, -0.15) is 0 Å². The van der Waals surface area contributed by atoms with Gasteiger partial charge in [0.1, 0.15) is 5.82 Å². The molecule has 1 unspecified atom stereocenters. The number of carbonyl (C=O) groups is 2. The second kappa shape index (κ2) is 5.23. The molecule has 5 heteroatoms. The van der Waals surface area contributed by atoms with E-state index in [9.17, 15) is 14.0 Å². The predicted molar refractivity (Wildman–Crippen MR) is 72.2 cm³/mol. The Kier molecular flexibility index (Phi) is 3.79. The van der Waals surface area contributed by atoms with Crippen LogP contribution in [0.15, 0.2) is 18.2 Å². The fourth-order valence-electron chi connectivity index (χ4n) is 2.66. The van der Waals surface area contributed by atoms with E-state index in [1.54, 1.807) is 0 Å². The molecule has 1 aromatic carbocycles. The van der Waals surface area contributed by atoms with Crippen LogP contribution in [0.2, 0.25) is 0 Å². The minimum absolute atomic E-state index is 0.00708. The Labute approximate surface area is 117 Å². The number of aromatic carboxylic acids is 1. The van der Waals surface area contributed by atoms with Crippen molar-refractivity contribution in [3.05, 3.63) is 35.1 Å². The zero-order valence-electron chi connectivity index (χ0n) is 11.6. The molecule has 108 valence electrons. The summed E-state index contributed by atoms with van der Waals surface area (Å²) in [4.78, 5) is 22.8. The quantitative estimate of drug-likeness (QED) is 0.894. The van der Waals surface area contributed by atoms with Crippen molar-refractivity contribution in [2.75, 3.05) is 0 Å². The third-order valence-electron chi connectivity index (χ3n) is 4.02. The molecule has 0 saturated heterocycles. The molecule has 20 heavy (non-hydrogen) atoms. The summed E-state index contributed by atoms with van der Waals surface area (Å²) in [5.41, 5.74) is -0.273. The lowest BCUT2D eigenvalue weighted by Crippen LogP contribution is -2.41. The van der Waals surface area contributed by atoms with Crippen molar-refractivity contribution >= 4 is 11.9 Å². The number of halogens is 1. The SMILES string of the molecule is CC1(C)CCCC1NC(=O)c1ccc(C(=O)O)cc1F. The number of hydrogen-bond acceptors (Lipinski definition) is 2. The van der Waals surface area contributed by atoms with Gasteiger partial charge in [-0.15, -0.1) is 0 Å². The van der Waals surface area contributed by atoms with Crippen molar-refractivity contribution in [1.29, 1.82) is 0 Å². The second-order valence-corrected chi connectivity index (χ2v) is 5.91. The molecule has 0 heterocycles. The summed E-state index contributed by atoms with van der Waals surface area (Å²) in [6.07, 6.45) is 2.95. The molecule has 0 bridgehead atoms. The molecule has 1 aromatic rings. The summed E-state index contributed by atoms with van der Waals surface area (Å²) < 4.78 is 13.8. The van der Waals surface area contributed by atoms with Gasteiger partial charge in [0.15, 0.2) is 0 Å². The highest BCUT2D eigenvalue weighted by Gasteiger charge is 2.35. The molecular weight excluding hydrogens is 261 g/mol. The molecule has 1 saturated carbocycles. The molecule has 2 N–H and O–H groups in total. The first-order chi connectivity index (χ1) is 9.31. The van der Waals surface area contributed by atoms with Crippen LogP contribution >= 0.6 is 0 Å². The van der Waals surface area contributed by atoms with E-state index >= 15 is 0 Å². The Morgan fingerprint density at radius 3 is 2.60 bits per heavy atom. The summed E-state index contributed by atoms with van der Waals surface area (Å²) in [7, 11) is 0. The lowest BCUT2D eigenvalue weighted by molar-refractivity contribution is 0.0695.